The average molecular weight is 857 g/mol. The van der Waals surface area contributed by atoms with Crippen LogP contribution in [0.15, 0.2) is 0 Å². The van der Waals surface area contributed by atoms with Gasteiger partial charge in [-0.2, -0.15) is 0 Å². The Kier molecular flexibility index (Phi) is 23.9. The highest BCUT2D eigenvalue weighted by Crippen LogP contribution is 2.39. The van der Waals surface area contributed by atoms with Crippen LogP contribution < -0.4 is 0 Å². The lowest BCUT2D eigenvalue weighted by molar-refractivity contribution is -0.254. The van der Waals surface area contributed by atoms with Crippen molar-refractivity contribution in [1.82, 2.24) is 0 Å². The average Bonchev–Trinajstić information content (AvgIpc) is 3.22. The maximum absolute atomic E-state index is 11.6. The van der Waals surface area contributed by atoms with Crippen molar-refractivity contribution in [3.63, 3.8) is 0 Å². The molecular formula is C42H80O17. The van der Waals surface area contributed by atoms with Crippen LogP contribution in [-0.4, -0.2) is 219 Å². The van der Waals surface area contributed by atoms with Gasteiger partial charge in [-0.05, 0) is 19.8 Å². The summed E-state index contributed by atoms with van der Waals surface area (Å²) in [5, 5.41) is 22.6. The van der Waals surface area contributed by atoms with Gasteiger partial charge in [0.2, 0.25) is 0 Å². The van der Waals surface area contributed by atoms with Crippen LogP contribution >= 0.6 is 0 Å². The van der Waals surface area contributed by atoms with E-state index in [1.807, 2.05) is 20.8 Å². The molecular weight excluding hydrogens is 776 g/mol. The summed E-state index contributed by atoms with van der Waals surface area (Å²) in [6, 6.07) is 0. The van der Waals surface area contributed by atoms with E-state index in [-0.39, 0.29) is 98.9 Å². The molecule has 2 N–H and O–H groups in total. The summed E-state index contributed by atoms with van der Waals surface area (Å²) in [5.41, 5.74) is -0.386. The quantitative estimate of drug-likeness (QED) is 0.109. The predicted molar refractivity (Wildman–Crippen MR) is 216 cm³/mol. The van der Waals surface area contributed by atoms with E-state index in [1.165, 1.54) is 0 Å². The first-order valence-corrected chi connectivity index (χ1v) is 21.1. The number of aliphatic hydroxyl groups is 2. The number of hydrogen-bond acceptors (Lipinski definition) is 17. The third-order valence-corrected chi connectivity index (χ3v) is 12.8. The first-order chi connectivity index (χ1) is 28.4. The molecule has 3 saturated heterocycles. The molecule has 0 saturated carbocycles. The molecule has 3 aliphatic rings. The van der Waals surface area contributed by atoms with Gasteiger partial charge in [-0.3, -0.25) is 0 Å². The summed E-state index contributed by atoms with van der Waals surface area (Å²) >= 11 is 0. The summed E-state index contributed by atoms with van der Waals surface area (Å²) in [5.74, 6) is -0.763. The van der Waals surface area contributed by atoms with Crippen molar-refractivity contribution >= 4 is 0 Å². The second-order valence-corrected chi connectivity index (χ2v) is 16.6. The SMILES string of the molecule is CCC1OC(COC)C(COCCC(OC)C(COCC2OC(COC)C(COCC3OC(C)C(C)(C)C(OC)C3O)C(OC)C2O)C(COC)OC)C(OC)C1OC. The standard InChI is InChI=1S/C42H80O17/c1-14-29-40(52-12)39(51-11)28(33(58-29)22-47-7)18-54-16-15-30(48-8)26(31(49-9)20-45-5)17-55-23-34-36(43)38(50-10)27(32(59-34)21-46-6)19-56-24-35-37(44)41(53-13)42(3,4)25(2)57-35/h25-41,43-44H,14-24H2,1-13H3. The van der Waals surface area contributed by atoms with Gasteiger partial charge in [0, 0.05) is 93.8 Å². The van der Waals surface area contributed by atoms with Gasteiger partial charge in [0.1, 0.15) is 30.5 Å². The van der Waals surface area contributed by atoms with Crippen LogP contribution in [0.2, 0.25) is 0 Å². The fourth-order valence-corrected chi connectivity index (χ4v) is 9.10. The molecule has 17 heteroatoms. The predicted octanol–water partition coefficient (Wildman–Crippen LogP) is 1.78. The van der Waals surface area contributed by atoms with Crippen LogP contribution in [0.25, 0.3) is 0 Å². The summed E-state index contributed by atoms with van der Waals surface area (Å²) in [7, 11) is 14.7. The fourth-order valence-electron chi connectivity index (χ4n) is 9.10. The number of ether oxygens (including phenoxy) is 15. The van der Waals surface area contributed by atoms with Crippen molar-refractivity contribution in [1.29, 1.82) is 0 Å². The molecule has 3 aliphatic heterocycles. The van der Waals surface area contributed by atoms with Crippen molar-refractivity contribution in [2.24, 2.45) is 23.2 Å². The number of aliphatic hydroxyl groups excluding tert-OH is 2. The van der Waals surface area contributed by atoms with Gasteiger partial charge in [0.15, 0.2) is 0 Å². The van der Waals surface area contributed by atoms with Gasteiger partial charge in [-0.1, -0.05) is 20.8 Å². The van der Waals surface area contributed by atoms with Crippen molar-refractivity contribution in [3.05, 3.63) is 0 Å². The zero-order chi connectivity index (χ0) is 43.7. The van der Waals surface area contributed by atoms with Gasteiger partial charge in [-0.15, -0.1) is 0 Å². The van der Waals surface area contributed by atoms with E-state index in [0.29, 0.717) is 32.8 Å². The Morgan fingerprint density at radius 3 is 1.64 bits per heavy atom. The number of methoxy groups -OCH3 is 9. The minimum Gasteiger partial charge on any atom is -0.388 e. The molecule has 17 unspecified atom stereocenters. The Hall–Kier alpha value is -0.680. The van der Waals surface area contributed by atoms with E-state index in [9.17, 15) is 10.2 Å². The molecule has 0 amide bonds. The molecule has 0 aliphatic carbocycles. The summed E-state index contributed by atoms with van der Waals surface area (Å²) < 4.78 is 89.5. The molecule has 0 spiro atoms. The lowest BCUT2D eigenvalue weighted by atomic mass is 9.75. The number of hydrogen-bond donors (Lipinski definition) is 2. The molecule has 0 aromatic rings. The minimum absolute atomic E-state index is 0.0657. The van der Waals surface area contributed by atoms with E-state index in [0.717, 1.165) is 6.42 Å². The van der Waals surface area contributed by atoms with Gasteiger partial charge in [0.05, 0.1) is 108 Å². The highest BCUT2D eigenvalue weighted by molar-refractivity contribution is 4.98. The molecule has 3 fully saturated rings. The Morgan fingerprint density at radius 2 is 1.10 bits per heavy atom. The van der Waals surface area contributed by atoms with Gasteiger partial charge in [-0.25, -0.2) is 0 Å². The van der Waals surface area contributed by atoms with Crippen molar-refractivity contribution in [3.8, 4) is 0 Å². The van der Waals surface area contributed by atoms with Gasteiger partial charge in [0.25, 0.3) is 0 Å². The van der Waals surface area contributed by atoms with E-state index in [1.54, 1.807) is 64.0 Å². The fraction of sp³-hybridized carbons (Fsp3) is 1.00. The van der Waals surface area contributed by atoms with Crippen LogP contribution in [0.4, 0.5) is 0 Å². The van der Waals surface area contributed by atoms with Gasteiger partial charge < -0.3 is 81.3 Å². The van der Waals surface area contributed by atoms with Crippen LogP contribution in [0, 0.1) is 23.2 Å². The van der Waals surface area contributed by atoms with E-state index in [4.69, 9.17) is 71.1 Å². The lowest BCUT2D eigenvalue weighted by Gasteiger charge is -2.48. The molecule has 3 heterocycles. The first-order valence-electron chi connectivity index (χ1n) is 21.1. The second kappa shape index (κ2) is 26.8. The highest BCUT2D eigenvalue weighted by Gasteiger charge is 2.50. The first kappa shape index (κ1) is 52.7. The monoisotopic (exact) mass is 857 g/mol. The van der Waals surface area contributed by atoms with E-state index < -0.39 is 42.7 Å². The molecule has 17 atom stereocenters. The van der Waals surface area contributed by atoms with E-state index in [2.05, 4.69) is 6.92 Å². The van der Waals surface area contributed by atoms with Crippen molar-refractivity contribution < 1.29 is 81.3 Å². The zero-order valence-corrected chi connectivity index (χ0v) is 38.1. The summed E-state index contributed by atoms with van der Waals surface area (Å²) in [6.07, 6.45) is -5.11. The van der Waals surface area contributed by atoms with E-state index >= 15 is 0 Å². The Balaban J connectivity index is 1.63. The van der Waals surface area contributed by atoms with Gasteiger partial charge >= 0.3 is 0 Å². The Morgan fingerprint density at radius 1 is 0.542 bits per heavy atom. The third kappa shape index (κ3) is 13.7. The Bertz CT molecular complexity index is 1110. The van der Waals surface area contributed by atoms with Crippen LogP contribution in [0.1, 0.15) is 40.5 Å². The molecule has 350 valence electrons. The smallest absolute Gasteiger partial charge is 0.110 e. The topological polar surface area (TPSA) is 179 Å². The maximum atomic E-state index is 11.6. The molecule has 3 rings (SSSR count). The lowest BCUT2D eigenvalue weighted by Crippen LogP contribution is -2.60. The Labute approximate surface area is 353 Å². The van der Waals surface area contributed by atoms with Crippen LogP contribution in [0.5, 0.6) is 0 Å². The highest BCUT2D eigenvalue weighted by atomic mass is 16.6. The maximum Gasteiger partial charge on any atom is 0.110 e. The molecule has 0 aromatic heterocycles. The second-order valence-electron chi connectivity index (χ2n) is 16.6. The number of rotatable bonds is 28. The normalized spacial score (nSPS) is 36.7. The summed E-state index contributed by atoms with van der Waals surface area (Å²) in [6.45, 7) is 10.4. The van der Waals surface area contributed by atoms with Crippen molar-refractivity contribution in [2.45, 2.75) is 126 Å². The molecule has 0 bridgehead atoms. The zero-order valence-electron chi connectivity index (χ0n) is 38.1. The molecule has 59 heavy (non-hydrogen) atoms. The molecule has 0 aromatic carbocycles. The van der Waals surface area contributed by atoms with Crippen molar-refractivity contribution in [2.75, 3.05) is 123 Å². The molecule has 17 nitrogen and oxygen atoms in total. The van der Waals surface area contributed by atoms with Crippen LogP contribution in [-0.2, 0) is 71.1 Å². The van der Waals surface area contributed by atoms with Crippen LogP contribution in [0.3, 0.4) is 0 Å². The largest absolute Gasteiger partial charge is 0.388 e. The third-order valence-electron chi connectivity index (χ3n) is 12.8. The molecule has 0 radical (unpaired) electrons. The summed E-state index contributed by atoms with van der Waals surface area (Å²) in [4.78, 5) is 0. The minimum atomic E-state index is -1.04.